The van der Waals surface area contributed by atoms with Crippen molar-refractivity contribution >= 4 is 16.8 Å². The number of amides is 1. The minimum atomic E-state index is -0.218. The molecule has 0 radical (unpaired) electrons. The second-order valence-electron chi connectivity index (χ2n) is 8.11. The van der Waals surface area contributed by atoms with E-state index in [-0.39, 0.29) is 30.5 Å². The van der Waals surface area contributed by atoms with Crippen LogP contribution in [0.2, 0.25) is 0 Å². The van der Waals surface area contributed by atoms with Gasteiger partial charge in [0.2, 0.25) is 17.6 Å². The Kier molecular flexibility index (Phi) is 7.01. The molecule has 176 valence electrons. The molecule has 0 atom stereocenters. The molecule has 4 aromatic rings. The summed E-state index contributed by atoms with van der Waals surface area (Å²) in [4.78, 5) is 38.7. The third kappa shape index (κ3) is 5.31. The second kappa shape index (κ2) is 10.3. The maximum atomic E-state index is 13.0. The molecule has 0 saturated carbocycles. The highest BCUT2D eigenvalue weighted by atomic mass is 16.5. The van der Waals surface area contributed by atoms with Gasteiger partial charge in [-0.2, -0.15) is 4.98 Å². The van der Waals surface area contributed by atoms with Gasteiger partial charge in [0, 0.05) is 24.4 Å². The first-order valence-electron chi connectivity index (χ1n) is 11.3. The number of aryl methyl sites for hydroxylation is 1. The molecule has 9 nitrogen and oxygen atoms in total. The lowest BCUT2D eigenvalue weighted by molar-refractivity contribution is -0.133. The predicted molar refractivity (Wildman–Crippen MR) is 127 cm³/mol. The monoisotopic (exact) mass is 461 g/mol. The van der Waals surface area contributed by atoms with Gasteiger partial charge in [-0.3, -0.25) is 9.59 Å². The van der Waals surface area contributed by atoms with Crippen molar-refractivity contribution in [3.8, 4) is 17.1 Å². The molecule has 0 bridgehead atoms. The molecule has 1 amide bonds. The van der Waals surface area contributed by atoms with Crippen LogP contribution in [0.5, 0.6) is 5.75 Å². The van der Waals surface area contributed by atoms with Gasteiger partial charge in [-0.1, -0.05) is 17.3 Å². The van der Waals surface area contributed by atoms with Crippen molar-refractivity contribution in [2.75, 3.05) is 6.61 Å². The summed E-state index contributed by atoms with van der Waals surface area (Å²) < 4.78 is 10.8. The number of fused-ring (bicyclic) bond motifs is 1. The highest BCUT2D eigenvalue weighted by molar-refractivity contribution is 5.78. The summed E-state index contributed by atoms with van der Waals surface area (Å²) in [5.74, 6) is 1.98. The fourth-order valence-electron chi connectivity index (χ4n) is 3.63. The Labute approximate surface area is 196 Å². The van der Waals surface area contributed by atoms with E-state index in [4.69, 9.17) is 9.26 Å². The average molecular weight is 462 g/mol. The Balaban J connectivity index is 1.41. The van der Waals surface area contributed by atoms with E-state index >= 15 is 0 Å². The van der Waals surface area contributed by atoms with Crippen molar-refractivity contribution in [1.29, 1.82) is 0 Å². The molecule has 34 heavy (non-hydrogen) atoms. The number of ether oxygens (including phenoxy) is 1. The first-order valence-corrected chi connectivity index (χ1v) is 11.3. The number of hydrogen-bond acceptors (Lipinski definition) is 7. The molecule has 1 N–H and O–H groups in total. The molecule has 0 aliphatic heterocycles. The number of para-hydroxylation sites is 1. The number of hydrogen-bond donors (Lipinski definition) is 1. The Hall–Kier alpha value is -4.01. The van der Waals surface area contributed by atoms with Crippen molar-refractivity contribution < 1.29 is 14.1 Å². The summed E-state index contributed by atoms with van der Waals surface area (Å²) in [6.45, 7) is 6.58. The third-order valence-corrected chi connectivity index (χ3v) is 5.37. The second-order valence-corrected chi connectivity index (χ2v) is 8.11. The van der Waals surface area contributed by atoms with Crippen molar-refractivity contribution in [2.45, 2.75) is 46.2 Å². The zero-order valence-electron chi connectivity index (χ0n) is 19.4. The van der Waals surface area contributed by atoms with Crippen LogP contribution in [-0.2, 0) is 17.8 Å². The molecule has 0 aliphatic carbocycles. The van der Waals surface area contributed by atoms with E-state index in [1.807, 2.05) is 51.1 Å². The summed E-state index contributed by atoms with van der Waals surface area (Å²) in [6, 6.07) is 14.5. The normalized spacial score (nSPS) is 11.2. The smallest absolute Gasteiger partial charge is 0.258 e. The topological polar surface area (TPSA) is 114 Å². The van der Waals surface area contributed by atoms with E-state index < -0.39 is 0 Å². The van der Waals surface area contributed by atoms with Crippen LogP contribution >= 0.6 is 0 Å². The van der Waals surface area contributed by atoms with Gasteiger partial charge >= 0.3 is 0 Å². The molecule has 2 aromatic heterocycles. The standard InChI is InChI=1S/C25H27N5O4/c1-4-33-18-11-9-17(10-12-18)24-28-22(34-29-24)13-14-23(31)30(16(2)3)15-21-26-20-8-6-5-7-19(20)25(32)27-21/h5-12,16H,4,13-15H2,1-3H3,(H,26,27,32). The molecule has 0 unspecified atom stereocenters. The molecule has 4 rings (SSSR count). The van der Waals surface area contributed by atoms with Gasteiger partial charge in [0.05, 0.1) is 24.1 Å². The van der Waals surface area contributed by atoms with Gasteiger partial charge in [-0.05, 0) is 57.2 Å². The molecule has 0 saturated heterocycles. The van der Waals surface area contributed by atoms with Gasteiger partial charge < -0.3 is 19.1 Å². The Morgan fingerprint density at radius 1 is 1.12 bits per heavy atom. The summed E-state index contributed by atoms with van der Waals surface area (Å²) in [6.07, 6.45) is 0.509. The van der Waals surface area contributed by atoms with Gasteiger partial charge in [-0.25, -0.2) is 4.98 Å². The maximum absolute atomic E-state index is 13.0. The number of rotatable bonds is 9. The zero-order chi connectivity index (χ0) is 24.1. The maximum Gasteiger partial charge on any atom is 0.258 e. The summed E-state index contributed by atoms with van der Waals surface area (Å²) in [5.41, 5.74) is 1.19. The average Bonchev–Trinajstić information content (AvgIpc) is 3.31. The van der Waals surface area contributed by atoms with E-state index in [2.05, 4.69) is 20.1 Å². The van der Waals surface area contributed by atoms with Gasteiger partial charge in [0.25, 0.3) is 5.56 Å². The van der Waals surface area contributed by atoms with Gasteiger partial charge in [-0.15, -0.1) is 0 Å². The molecular weight excluding hydrogens is 434 g/mol. The number of nitrogens with one attached hydrogen (secondary N) is 1. The number of nitrogens with zero attached hydrogens (tertiary/aromatic N) is 4. The van der Waals surface area contributed by atoms with Crippen LogP contribution in [0.1, 0.15) is 38.9 Å². The molecule has 9 heteroatoms. The summed E-state index contributed by atoms with van der Waals surface area (Å²) in [7, 11) is 0. The molecule has 0 aliphatic rings. The van der Waals surface area contributed by atoms with E-state index in [0.29, 0.717) is 41.5 Å². The van der Waals surface area contributed by atoms with Crippen molar-refractivity contribution in [1.82, 2.24) is 25.0 Å². The lowest BCUT2D eigenvalue weighted by Crippen LogP contribution is -2.37. The van der Waals surface area contributed by atoms with Crippen molar-refractivity contribution in [3.05, 3.63) is 70.6 Å². The number of aromatic amines is 1. The third-order valence-electron chi connectivity index (χ3n) is 5.37. The molecular formula is C25H27N5O4. The van der Waals surface area contributed by atoms with Crippen LogP contribution in [0, 0.1) is 0 Å². The van der Waals surface area contributed by atoms with Gasteiger partial charge in [0.15, 0.2) is 0 Å². The van der Waals surface area contributed by atoms with Crippen molar-refractivity contribution in [3.63, 3.8) is 0 Å². The Bertz CT molecular complexity index is 1330. The molecule has 0 fully saturated rings. The number of benzene rings is 2. The quantitative estimate of drug-likeness (QED) is 0.404. The van der Waals surface area contributed by atoms with Crippen molar-refractivity contribution in [2.24, 2.45) is 0 Å². The van der Waals surface area contributed by atoms with Crippen LogP contribution in [0.3, 0.4) is 0 Å². The number of aromatic nitrogens is 4. The Morgan fingerprint density at radius 2 is 1.88 bits per heavy atom. The number of H-pyrrole nitrogens is 1. The van der Waals surface area contributed by atoms with Crippen LogP contribution in [0.4, 0.5) is 0 Å². The summed E-state index contributed by atoms with van der Waals surface area (Å²) in [5, 5.41) is 4.55. The highest BCUT2D eigenvalue weighted by Crippen LogP contribution is 2.20. The number of carbonyl (C=O) groups is 1. The van der Waals surface area contributed by atoms with Crippen LogP contribution in [0.15, 0.2) is 57.8 Å². The minimum Gasteiger partial charge on any atom is -0.494 e. The first kappa shape index (κ1) is 23.2. The Morgan fingerprint density at radius 3 is 2.62 bits per heavy atom. The van der Waals surface area contributed by atoms with Crippen LogP contribution < -0.4 is 10.3 Å². The predicted octanol–water partition coefficient (Wildman–Crippen LogP) is 3.74. The minimum absolute atomic E-state index is 0.0774. The molecule has 2 heterocycles. The van der Waals surface area contributed by atoms with E-state index in [9.17, 15) is 9.59 Å². The fourth-order valence-corrected chi connectivity index (χ4v) is 3.63. The van der Waals surface area contributed by atoms with Crippen LogP contribution in [0.25, 0.3) is 22.3 Å². The molecule has 2 aromatic carbocycles. The van der Waals surface area contributed by atoms with Gasteiger partial charge in [0.1, 0.15) is 11.6 Å². The van der Waals surface area contributed by atoms with E-state index in [0.717, 1.165) is 11.3 Å². The lowest BCUT2D eigenvalue weighted by atomic mass is 10.2. The van der Waals surface area contributed by atoms with E-state index in [1.54, 1.807) is 23.1 Å². The van der Waals surface area contributed by atoms with Crippen LogP contribution in [-0.4, -0.2) is 43.6 Å². The van der Waals surface area contributed by atoms with E-state index in [1.165, 1.54) is 0 Å². The SMILES string of the molecule is CCOc1ccc(-c2noc(CCC(=O)N(Cc3nc4ccccc4c(=O)[nH]3)C(C)C)n2)cc1. The zero-order valence-corrected chi connectivity index (χ0v) is 19.4. The fraction of sp³-hybridized carbons (Fsp3) is 0.320. The number of carbonyl (C=O) groups excluding carboxylic acids is 1. The largest absolute Gasteiger partial charge is 0.494 e. The highest BCUT2D eigenvalue weighted by Gasteiger charge is 2.20. The summed E-state index contributed by atoms with van der Waals surface area (Å²) >= 11 is 0. The first-order chi connectivity index (χ1) is 16.4. The lowest BCUT2D eigenvalue weighted by Gasteiger charge is -2.26. The molecule has 0 spiro atoms.